The molecule has 1 aromatic carbocycles. The lowest BCUT2D eigenvalue weighted by atomic mass is 10.00. The van der Waals surface area contributed by atoms with Crippen LogP contribution in [0.1, 0.15) is 19.8 Å². The number of nitrogens with zero attached hydrogens (tertiary/aromatic N) is 2. The first-order chi connectivity index (χ1) is 12.0. The van der Waals surface area contributed by atoms with Crippen molar-refractivity contribution in [1.82, 2.24) is 9.21 Å². The molecule has 0 aliphatic carbocycles. The number of benzene rings is 1. The third-order valence-corrected chi connectivity index (χ3v) is 7.06. The Hall–Kier alpha value is -1.22. The second kappa shape index (κ2) is 7.99. The molecule has 0 spiro atoms. The summed E-state index contributed by atoms with van der Waals surface area (Å²) in [5, 5.41) is 3.92. The van der Waals surface area contributed by atoms with Crippen molar-refractivity contribution in [3.05, 3.63) is 24.3 Å². The van der Waals surface area contributed by atoms with Crippen LogP contribution in [0.2, 0.25) is 0 Å². The highest BCUT2D eigenvalue weighted by Crippen LogP contribution is 2.21. The van der Waals surface area contributed by atoms with E-state index in [0.29, 0.717) is 36.3 Å². The first-order valence-electron chi connectivity index (χ1n) is 8.71. The highest BCUT2D eigenvalue weighted by molar-refractivity contribution is 7.89. The van der Waals surface area contributed by atoms with E-state index >= 15 is 0 Å². The number of rotatable bonds is 3. The molecule has 8 heteroatoms. The number of hydrogen-bond acceptors (Lipinski definition) is 4. The van der Waals surface area contributed by atoms with E-state index in [2.05, 4.69) is 17.1 Å². The summed E-state index contributed by atoms with van der Waals surface area (Å²) in [5.41, 5.74) is 0.810. The first-order valence-corrected chi connectivity index (χ1v) is 10.6. The molecule has 2 heterocycles. The number of morpholine rings is 1. The summed E-state index contributed by atoms with van der Waals surface area (Å²) in [6.45, 7) is 5.90. The monoisotopic (exact) mass is 383 g/mol. The molecule has 0 saturated carbocycles. The predicted molar refractivity (Wildman–Crippen MR) is 102 cm³/mol. The molecule has 6 nitrogen and oxygen atoms in total. The second-order valence-electron chi connectivity index (χ2n) is 6.64. The molecule has 2 aliphatic rings. The van der Waals surface area contributed by atoms with E-state index in [4.69, 9.17) is 17.0 Å². The standard InChI is InChI=1S/C17H25N3O3S2/c1-14-6-8-19(9-7-14)17(24)18-15-2-4-16(5-3-15)25(21,22)20-10-12-23-13-11-20/h2-5,14H,6-13H2,1H3,(H,18,24). The Labute approximate surface area is 155 Å². The molecular weight excluding hydrogens is 358 g/mol. The molecule has 0 unspecified atom stereocenters. The van der Waals surface area contributed by atoms with Crippen LogP contribution < -0.4 is 5.32 Å². The van der Waals surface area contributed by atoms with Crippen molar-refractivity contribution in [2.24, 2.45) is 5.92 Å². The Balaban J connectivity index is 1.63. The lowest BCUT2D eigenvalue weighted by Gasteiger charge is -2.32. The highest BCUT2D eigenvalue weighted by atomic mass is 32.2. The lowest BCUT2D eigenvalue weighted by Crippen LogP contribution is -2.40. The van der Waals surface area contributed by atoms with Gasteiger partial charge in [-0.1, -0.05) is 6.92 Å². The SMILES string of the molecule is CC1CCN(C(=S)Nc2ccc(S(=O)(=O)N3CCOCC3)cc2)CC1. The van der Waals surface area contributed by atoms with Gasteiger partial charge in [-0.15, -0.1) is 0 Å². The Morgan fingerprint density at radius 2 is 1.72 bits per heavy atom. The van der Waals surface area contributed by atoms with Crippen LogP contribution in [0.4, 0.5) is 5.69 Å². The smallest absolute Gasteiger partial charge is 0.243 e. The largest absolute Gasteiger partial charge is 0.379 e. The van der Waals surface area contributed by atoms with Gasteiger partial charge in [-0.05, 0) is 55.2 Å². The molecule has 138 valence electrons. The van der Waals surface area contributed by atoms with Gasteiger partial charge in [0.05, 0.1) is 18.1 Å². The average molecular weight is 384 g/mol. The molecule has 0 radical (unpaired) electrons. The fraction of sp³-hybridized carbons (Fsp3) is 0.588. The van der Waals surface area contributed by atoms with Gasteiger partial charge in [-0.3, -0.25) is 0 Å². The van der Waals surface area contributed by atoms with Gasteiger partial charge in [0.1, 0.15) is 0 Å². The molecule has 2 aliphatic heterocycles. The number of piperidine rings is 1. The molecular formula is C17H25N3O3S2. The zero-order chi connectivity index (χ0) is 17.9. The second-order valence-corrected chi connectivity index (χ2v) is 8.97. The minimum absolute atomic E-state index is 0.303. The Kier molecular flexibility index (Phi) is 5.93. The number of thiocarbonyl (C=S) groups is 1. The molecule has 2 fully saturated rings. The summed E-state index contributed by atoms with van der Waals surface area (Å²) in [7, 11) is -3.45. The van der Waals surface area contributed by atoms with Gasteiger partial charge in [0.15, 0.2) is 5.11 Å². The van der Waals surface area contributed by atoms with Gasteiger partial charge in [0.25, 0.3) is 0 Å². The van der Waals surface area contributed by atoms with Crippen LogP contribution in [0.15, 0.2) is 29.2 Å². The van der Waals surface area contributed by atoms with E-state index < -0.39 is 10.0 Å². The number of anilines is 1. The minimum atomic E-state index is -3.45. The Morgan fingerprint density at radius 3 is 2.32 bits per heavy atom. The zero-order valence-electron chi connectivity index (χ0n) is 14.5. The van der Waals surface area contributed by atoms with Gasteiger partial charge in [-0.25, -0.2) is 8.42 Å². The summed E-state index contributed by atoms with van der Waals surface area (Å²) in [4.78, 5) is 2.48. The first kappa shape index (κ1) is 18.6. The average Bonchev–Trinajstić information content (AvgIpc) is 2.63. The van der Waals surface area contributed by atoms with Gasteiger partial charge in [0, 0.05) is 31.9 Å². The van der Waals surface area contributed by atoms with Gasteiger partial charge >= 0.3 is 0 Å². The van der Waals surface area contributed by atoms with Crippen molar-refractivity contribution in [1.29, 1.82) is 0 Å². The van der Waals surface area contributed by atoms with E-state index in [1.54, 1.807) is 24.3 Å². The lowest BCUT2D eigenvalue weighted by molar-refractivity contribution is 0.0730. The van der Waals surface area contributed by atoms with Crippen molar-refractivity contribution < 1.29 is 13.2 Å². The number of ether oxygens (including phenoxy) is 1. The van der Waals surface area contributed by atoms with E-state index in [0.717, 1.165) is 37.5 Å². The summed E-state index contributed by atoms with van der Waals surface area (Å²) in [5.74, 6) is 0.753. The molecule has 1 N–H and O–H groups in total. The van der Waals surface area contributed by atoms with Crippen molar-refractivity contribution in [2.75, 3.05) is 44.7 Å². The van der Waals surface area contributed by atoms with E-state index in [1.807, 2.05) is 0 Å². The van der Waals surface area contributed by atoms with Crippen molar-refractivity contribution in [3.8, 4) is 0 Å². The molecule has 0 atom stereocenters. The van der Waals surface area contributed by atoms with Crippen molar-refractivity contribution in [3.63, 3.8) is 0 Å². The van der Waals surface area contributed by atoms with Crippen LogP contribution in [-0.2, 0) is 14.8 Å². The quantitative estimate of drug-likeness (QED) is 0.807. The molecule has 0 aromatic heterocycles. The molecule has 2 saturated heterocycles. The van der Waals surface area contributed by atoms with Crippen LogP contribution >= 0.6 is 12.2 Å². The van der Waals surface area contributed by atoms with Gasteiger partial charge < -0.3 is 15.0 Å². The topological polar surface area (TPSA) is 61.9 Å². The third-order valence-electron chi connectivity index (χ3n) is 4.78. The highest BCUT2D eigenvalue weighted by Gasteiger charge is 2.26. The van der Waals surface area contributed by atoms with E-state index in [1.165, 1.54) is 4.31 Å². The normalized spacial score (nSPS) is 20.4. The van der Waals surface area contributed by atoms with Crippen LogP contribution in [0.25, 0.3) is 0 Å². The maximum atomic E-state index is 12.6. The summed E-state index contributed by atoms with van der Waals surface area (Å²) >= 11 is 5.48. The maximum Gasteiger partial charge on any atom is 0.243 e. The molecule has 3 rings (SSSR count). The molecule has 1 aromatic rings. The minimum Gasteiger partial charge on any atom is -0.379 e. The van der Waals surface area contributed by atoms with Gasteiger partial charge in [-0.2, -0.15) is 4.31 Å². The molecule has 0 amide bonds. The summed E-state index contributed by atoms with van der Waals surface area (Å²) in [6.07, 6.45) is 2.30. The molecule has 0 bridgehead atoms. The van der Waals surface area contributed by atoms with Crippen molar-refractivity contribution >= 4 is 33.0 Å². The third kappa shape index (κ3) is 4.49. The number of nitrogens with one attached hydrogen (secondary N) is 1. The van der Waals surface area contributed by atoms with E-state index in [-0.39, 0.29) is 0 Å². The van der Waals surface area contributed by atoms with Crippen LogP contribution in [-0.4, -0.2) is 62.1 Å². The maximum absolute atomic E-state index is 12.6. The van der Waals surface area contributed by atoms with Gasteiger partial charge in [0.2, 0.25) is 10.0 Å². The number of hydrogen-bond donors (Lipinski definition) is 1. The summed E-state index contributed by atoms with van der Waals surface area (Å²) < 4.78 is 31.9. The summed E-state index contributed by atoms with van der Waals surface area (Å²) in [6, 6.07) is 6.81. The predicted octanol–water partition coefficient (Wildman–Crippen LogP) is 2.14. The van der Waals surface area contributed by atoms with Crippen molar-refractivity contribution in [2.45, 2.75) is 24.7 Å². The van der Waals surface area contributed by atoms with E-state index in [9.17, 15) is 8.42 Å². The fourth-order valence-electron chi connectivity index (χ4n) is 3.06. The van der Waals surface area contributed by atoms with Crippen LogP contribution in [0.5, 0.6) is 0 Å². The fourth-order valence-corrected chi connectivity index (χ4v) is 4.77. The Morgan fingerprint density at radius 1 is 1.12 bits per heavy atom. The molecule has 25 heavy (non-hydrogen) atoms. The number of likely N-dealkylation sites (tertiary alicyclic amines) is 1. The number of sulfonamides is 1. The Bertz CT molecular complexity index is 692. The zero-order valence-corrected chi connectivity index (χ0v) is 16.1. The van der Waals surface area contributed by atoms with Crippen LogP contribution in [0.3, 0.4) is 0 Å². The van der Waals surface area contributed by atoms with Crippen LogP contribution in [0, 0.1) is 5.92 Å².